The van der Waals surface area contributed by atoms with Crippen LogP contribution in [0.1, 0.15) is 62.8 Å². The Hall–Kier alpha value is -0.880. The summed E-state index contributed by atoms with van der Waals surface area (Å²) in [5.74, 6) is -0.225. The second-order valence-electron chi connectivity index (χ2n) is 4.60. The van der Waals surface area contributed by atoms with Crippen molar-refractivity contribution in [3.8, 4) is 0 Å². The van der Waals surface area contributed by atoms with Crippen molar-refractivity contribution in [3.63, 3.8) is 0 Å². The van der Waals surface area contributed by atoms with Crippen LogP contribution in [0.25, 0.3) is 0 Å². The van der Waals surface area contributed by atoms with Crippen LogP contribution in [0.4, 0.5) is 0 Å². The second-order valence-corrected chi connectivity index (χ2v) is 5.83. The van der Waals surface area contributed by atoms with Crippen LogP contribution in [0.3, 0.4) is 0 Å². The zero-order chi connectivity index (χ0) is 14.6. The molecule has 1 unspecified atom stereocenters. The lowest BCUT2D eigenvalue weighted by Gasteiger charge is -2.05. The van der Waals surface area contributed by atoms with Crippen LogP contribution >= 0.6 is 24.2 Å². The number of nitrogens with zero attached hydrogens (tertiary/aromatic N) is 2. The van der Waals surface area contributed by atoms with Gasteiger partial charge in [-0.2, -0.15) is 12.6 Å². The summed E-state index contributed by atoms with van der Waals surface area (Å²) in [6, 6.07) is 0. The maximum Gasteiger partial charge on any atom is 0.310 e. The van der Waals surface area contributed by atoms with Gasteiger partial charge in [-0.3, -0.25) is 4.79 Å². The number of hydrogen-bond donors (Lipinski definition) is 1. The van der Waals surface area contributed by atoms with Gasteiger partial charge >= 0.3 is 5.97 Å². The molecule has 0 radical (unpaired) electrons. The molecular formula is C14H22N2O2S2. The van der Waals surface area contributed by atoms with Gasteiger partial charge < -0.3 is 4.74 Å². The number of ether oxygens (including phenoxy) is 1. The highest BCUT2D eigenvalue weighted by molar-refractivity contribution is 7.80. The Morgan fingerprint density at radius 2 is 2.35 bits per heavy atom. The first-order valence-corrected chi connectivity index (χ1v) is 8.38. The summed E-state index contributed by atoms with van der Waals surface area (Å²) in [4.78, 5) is 11.5. The summed E-state index contributed by atoms with van der Waals surface area (Å²) < 4.78 is 8.81. The van der Waals surface area contributed by atoms with Gasteiger partial charge in [-0.15, -0.1) is 5.10 Å². The largest absolute Gasteiger partial charge is 0.435 e. The molecule has 1 atom stereocenters. The van der Waals surface area contributed by atoms with E-state index in [0.717, 1.165) is 18.5 Å². The predicted molar refractivity (Wildman–Crippen MR) is 84.9 cm³/mol. The van der Waals surface area contributed by atoms with E-state index in [1.165, 1.54) is 37.1 Å². The molecule has 0 aromatic carbocycles. The molecule has 0 spiro atoms. The topological polar surface area (TPSA) is 52.1 Å². The minimum Gasteiger partial charge on any atom is -0.435 e. The van der Waals surface area contributed by atoms with Crippen LogP contribution < -0.4 is 0 Å². The molecule has 0 N–H and O–H groups in total. The average molecular weight is 314 g/mol. The van der Waals surface area contributed by atoms with E-state index in [9.17, 15) is 4.79 Å². The Balaban J connectivity index is 2.07. The number of allylic oxidation sites excluding steroid dienone is 1. The highest BCUT2D eigenvalue weighted by atomic mass is 32.1. The normalized spacial score (nSPS) is 12.7. The monoisotopic (exact) mass is 314 g/mol. The van der Waals surface area contributed by atoms with Gasteiger partial charge in [-0.25, -0.2) is 0 Å². The van der Waals surface area contributed by atoms with Crippen LogP contribution in [-0.4, -0.2) is 15.6 Å². The highest BCUT2D eigenvalue weighted by Gasteiger charge is 2.12. The van der Waals surface area contributed by atoms with Crippen molar-refractivity contribution in [2.75, 3.05) is 0 Å². The lowest BCUT2D eigenvalue weighted by Crippen LogP contribution is -2.02. The van der Waals surface area contributed by atoms with E-state index in [0.29, 0.717) is 12.8 Å². The van der Waals surface area contributed by atoms with E-state index in [-0.39, 0.29) is 11.2 Å². The molecule has 0 aliphatic carbocycles. The van der Waals surface area contributed by atoms with Crippen LogP contribution in [0, 0.1) is 0 Å². The van der Waals surface area contributed by atoms with Gasteiger partial charge in [0.2, 0.25) is 0 Å². The first-order valence-electron chi connectivity index (χ1n) is 7.03. The number of rotatable bonds is 10. The molecule has 0 aliphatic heterocycles. The molecule has 0 bridgehead atoms. The van der Waals surface area contributed by atoms with Crippen LogP contribution in [0.5, 0.6) is 0 Å². The fraction of sp³-hybridized carbons (Fsp3) is 0.643. The Morgan fingerprint density at radius 3 is 3.05 bits per heavy atom. The number of carbonyl (C=O) groups is 1. The van der Waals surface area contributed by atoms with Crippen LogP contribution in [0.2, 0.25) is 0 Å². The van der Waals surface area contributed by atoms with Gasteiger partial charge in [0.1, 0.15) is 0 Å². The summed E-state index contributed by atoms with van der Waals surface area (Å²) >= 11 is 5.69. The van der Waals surface area contributed by atoms with Gasteiger partial charge in [-0.1, -0.05) is 30.7 Å². The van der Waals surface area contributed by atoms with Crippen LogP contribution in [0.15, 0.2) is 17.7 Å². The number of aromatic nitrogens is 2. The van der Waals surface area contributed by atoms with E-state index in [1.54, 1.807) is 0 Å². The Bertz CT molecular complexity index is 394. The molecule has 1 heterocycles. The summed E-state index contributed by atoms with van der Waals surface area (Å²) in [5.41, 5.74) is 0.817. The van der Waals surface area contributed by atoms with Crippen molar-refractivity contribution in [2.45, 2.75) is 57.1 Å². The quantitative estimate of drug-likeness (QED) is 0.302. The first-order chi connectivity index (χ1) is 9.74. The van der Waals surface area contributed by atoms with E-state index >= 15 is 0 Å². The number of carbonyl (C=O) groups excluding carboxylic acids is 1. The molecule has 0 aliphatic rings. The molecule has 0 fully saturated rings. The van der Waals surface area contributed by atoms with Crippen molar-refractivity contribution in [3.05, 3.63) is 23.4 Å². The molecule has 6 heteroatoms. The van der Waals surface area contributed by atoms with Crippen molar-refractivity contribution in [1.82, 2.24) is 9.59 Å². The van der Waals surface area contributed by atoms with Gasteiger partial charge in [0.15, 0.2) is 0 Å². The minimum atomic E-state index is -0.225. The maximum atomic E-state index is 11.5. The molecule has 1 aromatic rings. The lowest BCUT2D eigenvalue weighted by molar-refractivity contribution is -0.138. The molecule has 112 valence electrons. The van der Waals surface area contributed by atoms with Crippen molar-refractivity contribution >= 4 is 30.1 Å². The summed E-state index contributed by atoms with van der Waals surface area (Å²) in [6.45, 7) is 2.19. The SMILES string of the molecule is CCCCCCC=COC(=O)CCC(S)c1csnn1. The summed E-state index contributed by atoms with van der Waals surface area (Å²) in [7, 11) is 0. The zero-order valence-corrected chi connectivity index (χ0v) is 13.5. The van der Waals surface area contributed by atoms with E-state index in [4.69, 9.17) is 4.74 Å². The van der Waals surface area contributed by atoms with Gasteiger partial charge in [0, 0.05) is 17.1 Å². The van der Waals surface area contributed by atoms with E-state index in [1.807, 2.05) is 11.5 Å². The standard InChI is InChI=1S/C14H22N2O2S2/c1-2-3-4-5-6-7-10-18-14(17)9-8-13(19)12-11-20-16-15-12/h7,10-11,13,19H,2-6,8-9H2,1H3. The maximum absolute atomic E-state index is 11.5. The summed E-state index contributed by atoms with van der Waals surface area (Å²) in [5, 5.41) is 5.72. The molecule has 4 nitrogen and oxygen atoms in total. The van der Waals surface area contributed by atoms with Gasteiger partial charge in [-0.05, 0) is 36.9 Å². The minimum absolute atomic E-state index is 0.0562. The fourth-order valence-corrected chi connectivity index (χ4v) is 2.52. The zero-order valence-electron chi connectivity index (χ0n) is 11.8. The Morgan fingerprint density at radius 1 is 1.50 bits per heavy atom. The molecule has 20 heavy (non-hydrogen) atoms. The van der Waals surface area contributed by atoms with Gasteiger partial charge in [0.05, 0.1) is 12.0 Å². The third-order valence-electron chi connectivity index (χ3n) is 2.86. The van der Waals surface area contributed by atoms with Crippen molar-refractivity contribution in [2.24, 2.45) is 0 Å². The van der Waals surface area contributed by atoms with E-state index < -0.39 is 0 Å². The smallest absolute Gasteiger partial charge is 0.310 e. The Labute approximate surface area is 130 Å². The van der Waals surface area contributed by atoms with E-state index in [2.05, 4.69) is 29.1 Å². The molecule has 1 aromatic heterocycles. The summed E-state index contributed by atoms with van der Waals surface area (Å²) in [6.07, 6.45) is 10.2. The molecule has 0 amide bonds. The van der Waals surface area contributed by atoms with Gasteiger partial charge in [0.25, 0.3) is 0 Å². The number of thiol groups is 1. The highest BCUT2D eigenvalue weighted by Crippen LogP contribution is 2.23. The molecule has 1 rings (SSSR count). The number of esters is 1. The Kier molecular flexibility index (Phi) is 9.32. The average Bonchev–Trinajstić information content (AvgIpc) is 2.98. The predicted octanol–water partition coefficient (Wildman–Crippen LogP) is 4.32. The second kappa shape index (κ2) is 10.9. The number of hydrogen-bond acceptors (Lipinski definition) is 6. The third-order valence-corrected chi connectivity index (χ3v) is 3.91. The number of unbranched alkanes of at least 4 members (excludes halogenated alkanes) is 4. The fourth-order valence-electron chi connectivity index (χ4n) is 1.66. The molecule has 0 saturated carbocycles. The van der Waals surface area contributed by atoms with Crippen molar-refractivity contribution < 1.29 is 9.53 Å². The molecule has 0 saturated heterocycles. The first kappa shape index (κ1) is 17.2. The third kappa shape index (κ3) is 7.65. The van der Waals surface area contributed by atoms with Crippen molar-refractivity contribution in [1.29, 1.82) is 0 Å². The lowest BCUT2D eigenvalue weighted by atomic mass is 10.1. The van der Waals surface area contributed by atoms with Crippen LogP contribution in [-0.2, 0) is 9.53 Å². The molecular weight excluding hydrogens is 292 g/mol.